The third-order valence-electron chi connectivity index (χ3n) is 3.98. The predicted molar refractivity (Wildman–Crippen MR) is 68.7 cm³/mol. The Kier molecular flexibility index (Phi) is 5.15. The van der Waals surface area contributed by atoms with Crippen LogP contribution in [0.2, 0.25) is 0 Å². The van der Waals surface area contributed by atoms with Crippen molar-refractivity contribution in [2.45, 2.75) is 19.3 Å². The molecule has 1 saturated carbocycles. The molecule has 1 saturated heterocycles. The summed E-state index contributed by atoms with van der Waals surface area (Å²) >= 11 is 0. The Hall–Kier alpha value is -1.14. The monoisotopic (exact) mass is 270 g/mol. The maximum absolute atomic E-state index is 11.9. The van der Waals surface area contributed by atoms with Gasteiger partial charge in [-0.15, -0.1) is 0 Å². The van der Waals surface area contributed by atoms with Gasteiger partial charge in [0.1, 0.15) is 0 Å². The maximum Gasteiger partial charge on any atom is 0.306 e. The Morgan fingerprint density at radius 1 is 1.21 bits per heavy atom. The number of rotatable bonds is 5. The highest BCUT2D eigenvalue weighted by Crippen LogP contribution is 2.30. The molecule has 1 aliphatic heterocycles. The highest BCUT2D eigenvalue weighted by molar-refractivity contribution is 5.80. The van der Waals surface area contributed by atoms with E-state index in [-0.39, 0.29) is 17.7 Å². The lowest BCUT2D eigenvalue weighted by atomic mass is 10.0. The number of nitrogens with zero attached hydrogens (tertiary/aromatic N) is 1. The van der Waals surface area contributed by atoms with Crippen molar-refractivity contribution in [3.8, 4) is 0 Å². The number of morpholine rings is 1. The number of hydrogen-bond acceptors (Lipinski definition) is 4. The molecular formula is C13H22N2O4. The molecule has 0 radical (unpaired) electrons. The van der Waals surface area contributed by atoms with E-state index in [1.165, 1.54) is 0 Å². The molecule has 0 aromatic carbocycles. The van der Waals surface area contributed by atoms with Crippen LogP contribution in [0.1, 0.15) is 19.3 Å². The number of nitrogens with one attached hydrogen (secondary N) is 1. The smallest absolute Gasteiger partial charge is 0.306 e. The number of aliphatic carboxylic acids is 1. The van der Waals surface area contributed by atoms with Crippen molar-refractivity contribution in [2.75, 3.05) is 39.4 Å². The molecule has 2 fully saturated rings. The van der Waals surface area contributed by atoms with Crippen LogP contribution in [0, 0.1) is 11.8 Å². The van der Waals surface area contributed by atoms with Gasteiger partial charge in [0.25, 0.3) is 0 Å². The number of carbonyl (C=O) groups is 2. The Labute approximate surface area is 113 Å². The molecule has 1 amide bonds. The number of carbonyl (C=O) groups excluding carboxylic acids is 1. The van der Waals surface area contributed by atoms with E-state index in [1.54, 1.807) is 0 Å². The Morgan fingerprint density at radius 3 is 2.53 bits per heavy atom. The van der Waals surface area contributed by atoms with Gasteiger partial charge in [0.2, 0.25) is 5.91 Å². The zero-order chi connectivity index (χ0) is 13.7. The molecule has 1 aliphatic carbocycles. The highest BCUT2D eigenvalue weighted by atomic mass is 16.5. The van der Waals surface area contributed by atoms with Gasteiger partial charge in [0.15, 0.2) is 0 Å². The van der Waals surface area contributed by atoms with E-state index in [0.717, 1.165) is 32.8 Å². The standard InChI is InChI=1S/C13H22N2O4/c16-12(10-1-2-11(9-10)13(17)18)14-3-4-15-5-7-19-8-6-15/h10-11H,1-9H2,(H,14,16)(H,17,18)/t10-,11+/m1/s1. The van der Waals surface area contributed by atoms with Crippen molar-refractivity contribution in [3.63, 3.8) is 0 Å². The second-order valence-electron chi connectivity index (χ2n) is 5.29. The van der Waals surface area contributed by atoms with Crippen LogP contribution in [0.5, 0.6) is 0 Å². The van der Waals surface area contributed by atoms with Gasteiger partial charge in [-0.05, 0) is 19.3 Å². The van der Waals surface area contributed by atoms with Crippen LogP contribution in [0.25, 0.3) is 0 Å². The quantitative estimate of drug-likeness (QED) is 0.731. The van der Waals surface area contributed by atoms with Crippen molar-refractivity contribution in [1.82, 2.24) is 10.2 Å². The molecule has 0 aromatic heterocycles. The highest BCUT2D eigenvalue weighted by Gasteiger charge is 2.33. The molecular weight excluding hydrogens is 248 g/mol. The third-order valence-corrected chi connectivity index (χ3v) is 3.98. The van der Waals surface area contributed by atoms with Gasteiger partial charge in [-0.25, -0.2) is 0 Å². The fourth-order valence-corrected chi connectivity index (χ4v) is 2.75. The number of carboxylic acids is 1. The first kappa shape index (κ1) is 14.3. The SMILES string of the molecule is O=C(O)[C@H]1CC[C@@H](C(=O)NCCN2CCOCC2)C1. The van der Waals surface area contributed by atoms with Gasteiger partial charge in [0.05, 0.1) is 19.1 Å². The third kappa shape index (κ3) is 4.18. The minimum atomic E-state index is -0.774. The summed E-state index contributed by atoms with van der Waals surface area (Å²) in [4.78, 5) is 25.0. The first-order valence-corrected chi connectivity index (χ1v) is 6.97. The first-order valence-electron chi connectivity index (χ1n) is 6.97. The van der Waals surface area contributed by atoms with Crippen LogP contribution in [0.15, 0.2) is 0 Å². The van der Waals surface area contributed by atoms with Crippen molar-refractivity contribution in [1.29, 1.82) is 0 Å². The van der Waals surface area contributed by atoms with Gasteiger partial charge in [-0.3, -0.25) is 14.5 Å². The largest absolute Gasteiger partial charge is 0.481 e. The lowest BCUT2D eigenvalue weighted by molar-refractivity contribution is -0.141. The Bertz CT molecular complexity index is 329. The molecule has 0 unspecified atom stereocenters. The van der Waals surface area contributed by atoms with Gasteiger partial charge >= 0.3 is 5.97 Å². The molecule has 0 bridgehead atoms. The lowest BCUT2D eigenvalue weighted by Gasteiger charge is -2.26. The Balaban J connectivity index is 1.63. The van der Waals surface area contributed by atoms with Crippen molar-refractivity contribution in [3.05, 3.63) is 0 Å². The van der Waals surface area contributed by atoms with Crippen LogP contribution >= 0.6 is 0 Å². The molecule has 19 heavy (non-hydrogen) atoms. The van der Waals surface area contributed by atoms with Gasteiger partial charge in [-0.2, -0.15) is 0 Å². The number of hydrogen-bond donors (Lipinski definition) is 2. The minimum absolute atomic E-state index is 0.0111. The van der Waals surface area contributed by atoms with Crippen LogP contribution in [-0.2, 0) is 14.3 Å². The molecule has 1 heterocycles. The molecule has 6 heteroatoms. The zero-order valence-electron chi connectivity index (χ0n) is 11.1. The van der Waals surface area contributed by atoms with Crippen LogP contribution in [0.3, 0.4) is 0 Å². The average molecular weight is 270 g/mol. The summed E-state index contributed by atoms with van der Waals surface area (Å²) in [5.74, 6) is -1.22. The van der Waals surface area contributed by atoms with Crippen molar-refractivity contribution < 1.29 is 19.4 Å². The van der Waals surface area contributed by atoms with E-state index in [9.17, 15) is 9.59 Å². The summed E-state index contributed by atoms with van der Waals surface area (Å²) in [6, 6.07) is 0. The van der Waals surface area contributed by atoms with Crippen LogP contribution in [-0.4, -0.2) is 61.3 Å². The first-order chi connectivity index (χ1) is 9.16. The summed E-state index contributed by atoms with van der Waals surface area (Å²) in [7, 11) is 0. The minimum Gasteiger partial charge on any atom is -0.481 e. The zero-order valence-corrected chi connectivity index (χ0v) is 11.1. The Morgan fingerprint density at radius 2 is 1.89 bits per heavy atom. The molecule has 2 rings (SSSR count). The van der Waals surface area contributed by atoms with E-state index >= 15 is 0 Å². The average Bonchev–Trinajstić information content (AvgIpc) is 2.89. The predicted octanol–water partition coefficient (Wildman–Crippen LogP) is -0.0643. The second-order valence-corrected chi connectivity index (χ2v) is 5.29. The normalized spacial score (nSPS) is 28.2. The topological polar surface area (TPSA) is 78.9 Å². The summed E-state index contributed by atoms with van der Waals surface area (Å²) in [5, 5.41) is 11.8. The summed E-state index contributed by atoms with van der Waals surface area (Å²) in [5.41, 5.74) is 0. The van der Waals surface area contributed by atoms with E-state index in [2.05, 4.69) is 10.2 Å². The van der Waals surface area contributed by atoms with Gasteiger partial charge in [-0.1, -0.05) is 0 Å². The van der Waals surface area contributed by atoms with Crippen molar-refractivity contribution >= 4 is 11.9 Å². The fourth-order valence-electron chi connectivity index (χ4n) is 2.75. The fraction of sp³-hybridized carbons (Fsp3) is 0.846. The number of carboxylic acid groups (broad SMARTS) is 1. The molecule has 108 valence electrons. The molecule has 6 nitrogen and oxygen atoms in total. The van der Waals surface area contributed by atoms with Crippen molar-refractivity contribution in [2.24, 2.45) is 11.8 Å². The molecule has 2 N–H and O–H groups in total. The molecule has 0 aromatic rings. The number of amides is 1. The molecule has 2 aliphatic rings. The van der Waals surface area contributed by atoms with E-state index in [0.29, 0.717) is 25.8 Å². The second kappa shape index (κ2) is 6.86. The van der Waals surface area contributed by atoms with Crippen LogP contribution < -0.4 is 5.32 Å². The van der Waals surface area contributed by atoms with Crippen LogP contribution in [0.4, 0.5) is 0 Å². The summed E-state index contributed by atoms with van der Waals surface area (Å²) < 4.78 is 5.26. The summed E-state index contributed by atoms with van der Waals surface area (Å²) in [6.45, 7) is 4.83. The molecule has 2 atom stereocenters. The lowest BCUT2D eigenvalue weighted by Crippen LogP contribution is -2.42. The van der Waals surface area contributed by atoms with Gasteiger partial charge < -0.3 is 15.2 Å². The van der Waals surface area contributed by atoms with E-state index in [1.807, 2.05) is 0 Å². The maximum atomic E-state index is 11.9. The van der Waals surface area contributed by atoms with Gasteiger partial charge in [0, 0.05) is 32.1 Å². The summed E-state index contributed by atoms with van der Waals surface area (Å²) in [6.07, 6.45) is 1.80. The van der Waals surface area contributed by atoms with E-state index < -0.39 is 5.97 Å². The molecule has 0 spiro atoms. The van der Waals surface area contributed by atoms with E-state index in [4.69, 9.17) is 9.84 Å². The number of ether oxygens (including phenoxy) is 1.